The first kappa shape index (κ1) is 10.4. The van der Waals surface area contributed by atoms with Gasteiger partial charge in [-0.3, -0.25) is 4.79 Å². The number of nitrogens with one attached hydrogen (secondary N) is 1. The summed E-state index contributed by atoms with van der Waals surface area (Å²) in [6, 6.07) is 1.93. The van der Waals surface area contributed by atoms with E-state index in [-0.39, 0.29) is 11.1 Å². The summed E-state index contributed by atoms with van der Waals surface area (Å²) in [7, 11) is 0. The zero-order valence-corrected chi connectivity index (χ0v) is 9.18. The summed E-state index contributed by atoms with van der Waals surface area (Å²) in [5.41, 5.74) is 7.98. The van der Waals surface area contributed by atoms with Crippen molar-refractivity contribution in [3.05, 3.63) is 33.7 Å². The number of rotatable bonds is 1. The Morgan fingerprint density at radius 1 is 1.33 bits per heavy atom. The Bertz CT molecular complexity index is 402. The van der Waals surface area contributed by atoms with Crippen LogP contribution in [-0.4, -0.2) is 4.98 Å². The van der Waals surface area contributed by atoms with Crippen LogP contribution < -0.4 is 11.3 Å². The van der Waals surface area contributed by atoms with Crippen LogP contribution in [0.25, 0.3) is 0 Å². The molecule has 1 aromatic rings. The van der Waals surface area contributed by atoms with Gasteiger partial charge in [0.25, 0.3) is 5.56 Å². The lowest BCUT2D eigenvalue weighted by molar-refractivity contribution is 0.301. The van der Waals surface area contributed by atoms with Crippen LogP contribution in [0.15, 0.2) is 17.1 Å². The van der Waals surface area contributed by atoms with Crippen LogP contribution in [0.5, 0.6) is 0 Å². The summed E-state index contributed by atoms with van der Waals surface area (Å²) in [6.45, 7) is 1.83. The van der Waals surface area contributed by atoms with Crippen LogP contribution in [-0.2, 0) is 5.54 Å². The molecule has 0 bridgehead atoms. The topological polar surface area (TPSA) is 58.9 Å². The van der Waals surface area contributed by atoms with E-state index in [2.05, 4.69) is 4.98 Å². The smallest absolute Gasteiger partial charge is 0.250 e. The SMILES string of the molecule is Cc1cc(C2(N)CCCCC2)c[nH]c1=O. The Morgan fingerprint density at radius 2 is 2.00 bits per heavy atom. The summed E-state index contributed by atoms with van der Waals surface area (Å²) in [6.07, 6.45) is 7.49. The number of nitrogens with two attached hydrogens (primary N) is 1. The van der Waals surface area contributed by atoms with E-state index in [9.17, 15) is 4.79 Å². The molecule has 0 unspecified atom stereocenters. The predicted octanol–water partition coefficient (Wildman–Crippen LogP) is 1.80. The molecule has 0 aliphatic heterocycles. The van der Waals surface area contributed by atoms with Crippen LogP contribution in [0.3, 0.4) is 0 Å². The van der Waals surface area contributed by atoms with Gasteiger partial charge in [-0.25, -0.2) is 0 Å². The Balaban J connectivity index is 2.35. The fraction of sp³-hybridized carbons (Fsp3) is 0.583. The van der Waals surface area contributed by atoms with E-state index in [0.29, 0.717) is 0 Å². The van der Waals surface area contributed by atoms with Gasteiger partial charge in [0.1, 0.15) is 0 Å². The molecule has 0 amide bonds. The molecule has 0 atom stereocenters. The molecule has 1 saturated carbocycles. The molecule has 0 saturated heterocycles. The van der Waals surface area contributed by atoms with Crippen molar-refractivity contribution in [3.63, 3.8) is 0 Å². The third kappa shape index (κ3) is 1.97. The van der Waals surface area contributed by atoms with Crippen molar-refractivity contribution in [1.82, 2.24) is 4.98 Å². The van der Waals surface area contributed by atoms with Gasteiger partial charge in [0.05, 0.1) is 0 Å². The van der Waals surface area contributed by atoms with Gasteiger partial charge in [-0.05, 0) is 31.4 Å². The van der Waals surface area contributed by atoms with Crippen LogP contribution in [0.1, 0.15) is 43.2 Å². The van der Waals surface area contributed by atoms with Crippen LogP contribution in [0, 0.1) is 6.92 Å². The maximum absolute atomic E-state index is 11.3. The summed E-state index contributed by atoms with van der Waals surface area (Å²) in [5.74, 6) is 0. The van der Waals surface area contributed by atoms with Gasteiger partial charge in [0, 0.05) is 17.3 Å². The molecule has 0 aromatic carbocycles. The van der Waals surface area contributed by atoms with E-state index in [0.717, 1.165) is 24.0 Å². The Hall–Kier alpha value is -1.09. The average molecular weight is 206 g/mol. The number of pyridine rings is 1. The first-order valence-electron chi connectivity index (χ1n) is 5.60. The zero-order valence-electron chi connectivity index (χ0n) is 9.18. The molecule has 0 spiro atoms. The number of aryl methyl sites for hydroxylation is 1. The van der Waals surface area contributed by atoms with Crippen LogP contribution in [0.2, 0.25) is 0 Å². The maximum atomic E-state index is 11.3. The minimum atomic E-state index is -0.215. The van der Waals surface area contributed by atoms with Gasteiger partial charge in [0.15, 0.2) is 0 Å². The number of H-pyrrole nitrogens is 1. The van der Waals surface area contributed by atoms with Gasteiger partial charge in [0.2, 0.25) is 0 Å². The fourth-order valence-electron chi connectivity index (χ4n) is 2.36. The highest BCUT2D eigenvalue weighted by Crippen LogP contribution is 2.34. The van der Waals surface area contributed by atoms with Gasteiger partial charge in [-0.2, -0.15) is 0 Å². The average Bonchev–Trinajstić information content (AvgIpc) is 2.23. The van der Waals surface area contributed by atoms with Crippen molar-refractivity contribution in [3.8, 4) is 0 Å². The van der Waals surface area contributed by atoms with Crippen molar-refractivity contribution in [2.75, 3.05) is 0 Å². The zero-order chi connectivity index (χ0) is 10.9. The number of aromatic amines is 1. The van der Waals surface area contributed by atoms with E-state index in [1.54, 1.807) is 6.20 Å². The summed E-state index contributed by atoms with van der Waals surface area (Å²) in [5, 5.41) is 0. The van der Waals surface area contributed by atoms with Crippen LogP contribution in [0.4, 0.5) is 0 Å². The lowest BCUT2D eigenvalue weighted by Gasteiger charge is -2.33. The van der Waals surface area contributed by atoms with Crippen LogP contribution >= 0.6 is 0 Å². The highest BCUT2D eigenvalue weighted by molar-refractivity contribution is 5.25. The largest absolute Gasteiger partial charge is 0.329 e. The molecule has 2 rings (SSSR count). The number of hydrogen-bond acceptors (Lipinski definition) is 2. The van der Waals surface area contributed by atoms with Gasteiger partial charge < -0.3 is 10.7 Å². The Kier molecular flexibility index (Phi) is 2.65. The highest BCUT2D eigenvalue weighted by atomic mass is 16.1. The minimum absolute atomic E-state index is 0.0156. The van der Waals surface area contributed by atoms with Crippen molar-refractivity contribution in [2.24, 2.45) is 5.73 Å². The molecule has 3 N–H and O–H groups in total. The van der Waals surface area contributed by atoms with Gasteiger partial charge in [-0.1, -0.05) is 19.3 Å². The second-order valence-electron chi connectivity index (χ2n) is 4.62. The molecule has 3 heteroatoms. The molecule has 1 aromatic heterocycles. The summed E-state index contributed by atoms with van der Waals surface area (Å²) in [4.78, 5) is 14.0. The van der Waals surface area contributed by atoms with E-state index in [1.807, 2.05) is 13.0 Å². The molecule has 82 valence electrons. The molecule has 1 aliphatic rings. The fourth-order valence-corrected chi connectivity index (χ4v) is 2.36. The third-order valence-corrected chi connectivity index (χ3v) is 3.41. The quantitative estimate of drug-likeness (QED) is 0.736. The monoisotopic (exact) mass is 206 g/mol. The number of hydrogen-bond donors (Lipinski definition) is 2. The Labute approximate surface area is 89.7 Å². The van der Waals surface area contributed by atoms with E-state index in [4.69, 9.17) is 5.73 Å². The van der Waals surface area contributed by atoms with E-state index in [1.165, 1.54) is 19.3 Å². The third-order valence-electron chi connectivity index (χ3n) is 3.41. The Morgan fingerprint density at radius 3 is 2.60 bits per heavy atom. The summed E-state index contributed by atoms with van der Waals surface area (Å²) >= 11 is 0. The molecule has 3 nitrogen and oxygen atoms in total. The first-order valence-corrected chi connectivity index (χ1v) is 5.60. The predicted molar refractivity (Wildman–Crippen MR) is 60.8 cm³/mol. The van der Waals surface area contributed by atoms with Crippen molar-refractivity contribution >= 4 is 0 Å². The lowest BCUT2D eigenvalue weighted by Crippen LogP contribution is -2.39. The van der Waals surface area contributed by atoms with Crippen molar-refractivity contribution in [1.29, 1.82) is 0 Å². The molecular formula is C12H18N2O. The van der Waals surface area contributed by atoms with Gasteiger partial charge >= 0.3 is 0 Å². The van der Waals surface area contributed by atoms with E-state index >= 15 is 0 Å². The maximum Gasteiger partial charge on any atom is 0.250 e. The highest BCUT2D eigenvalue weighted by Gasteiger charge is 2.29. The molecule has 15 heavy (non-hydrogen) atoms. The normalized spacial score (nSPS) is 20.1. The van der Waals surface area contributed by atoms with Crippen molar-refractivity contribution < 1.29 is 0 Å². The molecular weight excluding hydrogens is 188 g/mol. The second kappa shape index (κ2) is 3.81. The van der Waals surface area contributed by atoms with Gasteiger partial charge in [-0.15, -0.1) is 0 Å². The lowest BCUT2D eigenvalue weighted by atomic mass is 9.78. The molecule has 1 heterocycles. The van der Waals surface area contributed by atoms with E-state index < -0.39 is 0 Å². The minimum Gasteiger partial charge on any atom is -0.329 e. The summed E-state index contributed by atoms with van der Waals surface area (Å²) < 4.78 is 0. The molecule has 1 fully saturated rings. The standard InChI is InChI=1S/C12H18N2O/c1-9-7-10(8-14-11(9)15)12(13)5-3-2-4-6-12/h7-8H,2-6,13H2,1H3,(H,14,15). The molecule has 1 aliphatic carbocycles. The first-order chi connectivity index (χ1) is 7.12. The molecule has 0 radical (unpaired) electrons. The second-order valence-corrected chi connectivity index (χ2v) is 4.62. The van der Waals surface area contributed by atoms with Crippen molar-refractivity contribution in [2.45, 2.75) is 44.6 Å². The number of aromatic nitrogens is 1.